The summed E-state index contributed by atoms with van der Waals surface area (Å²) in [5.74, 6) is 0.263. The van der Waals surface area contributed by atoms with Crippen LogP contribution in [0.2, 0.25) is 0 Å². The third-order valence-electron chi connectivity index (χ3n) is 2.41. The minimum atomic E-state index is 0.0615. The second kappa shape index (κ2) is 3.37. The average molecular weight is 187 g/mol. The van der Waals surface area contributed by atoms with Crippen molar-refractivity contribution >= 4 is 11.9 Å². The summed E-state index contributed by atoms with van der Waals surface area (Å²) in [7, 11) is 0. The van der Waals surface area contributed by atoms with Crippen LogP contribution < -0.4 is 10.6 Å². The molecule has 2 heteroatoms. The van der Waals surface area contributed by atoms with Crippen molar-refractivity contribution < 1.29 is 4.79 Å². The fourth-order valence-corrected chi connectivity index (χ4v) is 1.59. The van der Waals surface area contributed by atoms with Crippen LogP contribution in [0.4, 0.5) is 0 Å². The summed E-state index contributed by atoms with van der Waals surface area (Å²) in [5.41, 5.74) is 0.798. The lowest BCUT2D eigenvalue weighted by Crippen LogP contribution is -2.23. The molecular formula is C12H13NO. The van der Waals surface area contributed by atoms with Crippen LogP contribution in [-0.2, 0) is 0 Å². The summed E-state index contributed by atoms with van der Waals surface area (Å²) < 4.78 is 0. The van der Waals surface area contributed by atoms with E-state index in [1.807, 2.05) is 38.1 Å². The second-order valence-electron chi connectivity index (χ2n) is 3.84. The maximum atomic E-state index is 11.7. The van der Waals surface area contributed by atoms with Crippen LogP contribution in [0.15, 0.2) is 23.2 Å². The molecule has 1 aliphatic heterocycles. The van der Waals surface area contributed by atoms with Crippen LogP contribution >= 0.6 is 0 Å². The van der Waals surface area contributed by atoms with Crippen LogP contribution in [0, 0.1) is 5.92 Å². The van der Waals surface area contributed by atoms with Gasteiger partial charge in [-0.25, -0.2) is 0 Å². The molecular weight excluding hydrogens is 174 g/mol. The van der Waals surface area contributed by atoms with Gasteiger partial charge in [0.15, 0.2) is 5.78 Å². The minimum absolute atomic E-state index is 0.0615. The highest BCUT2D eigenvalue weighted by Crippen LogP contribution is 2.04. The molecule has 0 aromatic heterocycles. The molecule has 0 radical (unpaired) electrons. The summed E-state index contributed by atoms with van der Waals surface area (Å²) in [4.78, 5) is 16.0. The first-order valence-corrected chi connectivity index (χ1v) is 4.87. The Hall–Kier alpha value is -1.44. The topological polar surface area (TPSA) is 29.4 Å². The molecule has 0 fully saturated rings. The van der Waals surface area contributed by atoms with E-state index in [2.05, 4.69) is 4.99 Å². The Bertz CT molecular complexity index is 486. The number of carbonyl (C=O) groups is 1. The van der Waals surface area contributed by atoms with Gasteiger partial charge in [-0.2, -0.15) is 0 Å². The lowest BCUT2D eigenvalue weighted by atomic mass is 10.0. The molecule has 0 amide bonds. The number of fused-ring (bicyclic) bond motifs is 1. The number of nitrogens with zero attached hydrogens (tertiary/aromatic N) is 1. The summed E-state index contributed by atoms with van der Waals surface area (Å²) >= 11 is 0. The van der Waals surface area contributed by atoms with Crippen LogP contribution in [0.25, 0.3) is 6.08 Å². The number of carbonyl (C=O) groups excluding carboxylic acids is 1. The highest BCUT2D eigenvalue weighted by atomic mass is 16.1. The van der Waals surface area contributed by atoms with Crippen molar-refractivity contribution in [2.24, 2.45) is 10.9 Å². The lowest BCUT2D eigenvalue weighted by Gasteiger charge is -2.02. The van der Waals surface area contributed by atoms with Gasteiger partial charge in [-0.05, 0) is 23.4 Å². The van der Waals surface area contributed by atoms with Gasteiger partial charge in [-0.15, -0.1) is 0 Å². The Morgan fingerprint density at radius 2 is 2.21 bits per heavy atom. The third kappa shape index (κ3) is 1.48. The maximum Gasteiger partial charge on any atom is 0.165 e. The summed E-state index contributed by atoms with van der Waals surface area (Å²) in [6.07, 6.45) is 2.05. The molecule has 1 aromatic rings. The highest BCUT2D eigenvalue weighted by Gasteiger charge is 2.10. The Morgan fingerprint density at radius 1 is 1.43 bits per heavy atom. The monoisotopic (exact) mass is 187 g/mol. The number of benzene rings is 1. The van der Waals surface area contributed by atoms with Crippen molar-refractivity contribution in [2.45, 2.75) is 13.8 Å². The molecule has 0 bridgehead atoms. The molecule has 0 saturated heterocycles. The van der Waals surface area contributed by atoms with Crippen molar-refractivity contribution in [2.75, 3.05) is 6.54 Å². The minimum Gasteiger partial charge on any atom is -0.294 e. The number of hydrogen-bond acceptors (Lipinski definition) is 2. The van der Waals surface area contributed by atoms with E-state index in [4.69, 9.17) is 0 Å². The molecule has 1 aromatic carbocycles. The van der Waals surface area contributed by atoms with Crippen molar-refractivity contribution in [1.82, 2.24) is 0 Å². The number of rotatable bonds is 2. The standard InChI is InChI=1S/C12H13NO/c1-8(2)12(14)10-3-4-11-9(7-10)5-6-13-11/h3-5,7-8H,6H2,1-2H3. The molecule has 2 nitrogen and oxygen atoms in total. The van der Waals surface area contributed by atoms with Gasteiger partial charge in [0.1, 0.15) is 0 Å². The molecule has 0 unspecified atom stereocenters. The molecule has 0 saturated carbocycles. The zero-order chi connectivity index (χ0) is 10.1. The normalized spacial score (nSPS) is 13.4. The Kier molecular flexibility index (Phi) is 2.20. The Labute approximate surface area is 83.0 Å². The predicted octanol–water partition coefficient (Wildman–Crippen LogP) is 0.939. The van der Waals surface area contributed by atoms with Crippen molar-refractivity contribution in [1.29, 1.82) is 0 Å². The van der Waals surface area contributed by atoms with Gasteiger partial charge >= 0.3 is 0 Å². The summed E-state index contributed by atoms with van der Waals surface area (Å²) in [6.45, 7) is 4.59. The molecule has 0 spiro atoms. The largest absolute Gasteiger partial charge is 0.294 e. The van der Waals surface area contributed by atoms with E-state index in [-0.39, 0.29) is 11.7 Å². The number of ketones is 1. The summed E-state index contributed by atoms with van der Waals surface area (Å²) in [6, 6.07) is 5.73. The molecule has 0 atom stereocenters. The molecule has 1 heterocycles. The number of Topliss-reactive ketones (excluding diaryl/α,β-unsaturated/α-hetero) is 1. The lowest BCUT2D eigenvalue weighted by molar-refractivity contribution is 0.0939. The molecule has 1 aliphatic rings. The quantitative estimate of drug-likeness (QED) is 0.633. The Morgan fingerprint density at radius 3 is 2.93 bits per heavy atom. The highest BCUT2D eigenvalue weighted by molar-refractivity contribution is 5.97. The van der Waals surface area contributed by atoms with E-state index in [9.17, 15) is 4.79 Å². The van der Waals surface area contributed by atoms with E-state index in [0.717, 1.165) is 22.7 Å². The molecule has 0 N–H and O–H groups in total. The summed E-state index contributed by atoms with van der Waals surface area (Å²) in [5, 5.41) is 2.10. The first-order valence-electron chi connectivity index (χ1n) is 4.87. The zero-order valence-electron chi connectivity index (χ0n) is 8.45. The van der Waals surface area contributed by atoms with Crippen LogP contribution in [-0.4, -0.2) is 12.3 Å². The van der Waals surface area contributed by atoms with Gasteiger partial charge in [-0.1, -0.05) is 19.9 Å². The predicted molar refractivity (Wildman–Crippen MR) is 55.7 cm³/mol. The smallest absolute Gasteiger partial charge is 0.165 e. The van der Waals surface area contributed by atoms with Crippen molar-refractivity contribution in [3.05, 3.63) is 34.3 Å². The van der Waals surface area contributed by atoms with Gasteiger partial charge < -0.3 is 0 Å². The van der Waals surface area contributed by atoms with E-state index in [1.165, 1.54) is 0 Å². The van der Waals surface area contributed by atoms with Gasteiger partial charge in [0.2, 0.25) is 0 Å². The Balaban J connectivity index is 2.50. The molecule has 2 rings (SSSR count). The van der Waals surface area contributed by atoms with Gasteiger partial charge in [0.05, 0.1) is 11.9 Å². The van der Waals surface area contributed by atoms with Crippen molar-refractivity contribution in [3.63, 3.8) is 0 Å². The molecule has 0 aliphatic carbocycles. The van der Waals surface area contributed by atoms with Crippen molar-refractivity contribution in [3.8, 4) is 0 Å². The zero-order valence-corrected chi connectivity index (χ0v) is 8.45. The fourth-order valence-electron chi connectivity index (χ4n) is 1.59. The number of hydrogen-bond donors (Lipinski definition) is 0. The van der Waals surface area contributed by atoms with E-state index in [0.29, 0.717) is 0 Å². The maximum absolute atomic E-state index is 11.7. The fraction of sp³-hybridized carbons (Fsp3) is 0.333. The molecule has 14 heavy (non-hydrogen) atoms. The van der Waals surface area contributed by atoms with Crippen LogP contribution in [0.5, 0.6) is 0 Å². The first-order chi connectivity index (χ1) is 6.68. The van der Waals surface area contributed by atoms with Gasteiger partial charge in [-0.3, -0.25) is 9.79 Å². The van der Waals surface area contributed by atoms with E-state index < -0.39 is 0 Å². The van der Waals surface area contributed by atoms with Gasteiger partial charge in [0, 0.05) is 11.5 Å². The average Bonchev–Trinajstić information content (AvgIpc) is 2.62. The van der Waals surface area contributed by atoms with Crippen LogP contribution in [0.3, 0.4) is 0 Å². The van der Waals surface area contributed by atoms with E-state index in [1.54, 1.807) is 0 Å². The second-order valence-corrected chi connectivity index (χ2v) is 3.84. The SMILES string of the molecule is CC(C)C(=O)c1ccc2c(c1)=CCN=2. The first kappa shape index (κ1) is 9.13. The third-order valence-corrected chi connectivity index (χ3v) is 2.41. The molecule has 72 valence electrons. The van der Waals surface area contributed by atoms with E-state index >= 15 is 0 Å². The van der Waals surface area contributed by atoms with Crippen LogP contribution in [0.1, 0.15) is 24.2 Å². The van der Waals surface area contributed by atoms with Gasteiger partial charge in [0.25, 0.3) is 0 Å².